The number of nitrogens with one attached hydrogen (secondary N) is 1. The monoisotopic (exact) mass is 267 g/mol. The standard InChI is InChI=1S/C8H13NO7S/c1-4(17(2,15)16)7(12)9-5(8(13)14)3-6(10)11/h4-5H,3H2,1-2H3,(H,9,12)(H,10,11)(H,13,14)/t4?,5-/m1/s1. The molecule has 17 heavy (non-hydrogen) atoms. The summed E-state index contributed by atoms with van der Waals surface area (Å²) in [6.07, 6.45) is 0.00176. The van der Waals surface area contributed by atoms with E-state index in [1.807, 2.05) is 5.32 Å². The first-order valence-corrected chi connectivity index (χ1v) is 6.45. The number of hydrogen-bond acceptors (Lipinski definition) is 5. The molecule has 0 fully saturated rings. The lowest BCUT2D eigenvalue weighted by Crippen LogP contribution is -2.47. The van der Waals surface area contributed by atoms with Gasteiger partial charge in [-0.25, -0.2) is 13.2 Å². The molecule has 0 saturated carbocycles. The molecule has 0 bridgehead atoms. The number of carboxylic acids is 2. The van der Waals surface area contributed by atoms with Crippen molar-refractivity contribution in [2.24, 2.45) is 0 Å². The van der Waals surface area contributed by atoms with Gasteiger partial charge in [0.05, 0.1) is 6.42 Å². The summed E-state index contributed by atoms with van der Waals surface area (Å²) >= 11 is 0. The minimum Gasteiger partial charge on any atom is -0.481 e. The van der Waals surface area contributed by atoms with Gasteiger partial charge in [-0.3, -0.25) is 9.59 Å². The van der Waals surface area contributed by atoms with Crippen LogP contribution in [0.25, 0.3) is 0 Å². The molecule has 0 aromatic carbocycles. The predicted octanol–water partition coefficient (Wildman–Crippen LogP) is -1.54. The Morgan fingerprint density at radius 2 is 1.71 bits per heavy atom. The second-order valence-corrected chi connectivity index (χ2v) is 5.84. The Morgan fingerprint density at radius 3 is 2.00 bits per heavy atom. The van der Waals surface area contributed by atoms with E-state index in [1.165, 1.54) is 0 Å². The van der Waals surface area contributed by atoms with Crippen LogP contribution in [0.3, 0.4) is 0 Å². The number of carbonyl (C=O) groups is 3. The first-order chi connectivity index (χ1) is 7.55. The second kappa shape index (κ2) is 5.62. The van der Waals surface area contributed by atoms with Gasteiger partial charge in [-0.2, -0.15) is 0 Å². The number of aliphatic carboxylic acids is 2. The number of hydrogen-bond donors (Lipinski definition) is 3. The van der Waals surface area contributed by atoms with Crippen LogP contribution in [-0.4, -0.2) is 54.0 Å². The van der Waals surface area contributed by atoms with Gasteiger partial charge in [0.1, 0.15) is 11.3 Å². The van der Waals surface area contributed by atoms with Crippen LogP contribution in [0.1, 0.15) is 13.3 Å². The van der Waals surface area contributed by atoms with E-state index in [4.69, 9.17) is 10.2 Å². The average Bonchev–Trinajstić information content (AvgIpc) is 2.13. The number of amides is 1. The van der Waals surface area contributed by atoms with Gasteiger partial charge in [0.25, 0.3) is 0 Å². The van der Waals surface area contributed by atoms with Crippen molar-refractivity contribution in [1.29, 1.82) is 0 Å². The van der Waals surface area contributed by atoms with Gasteiger partial charge in [-0.1, -0.05) is 0 Å². The lowest BCUT2D eigenvalue weighted by atomic mass is 10.2. The van der Waals surface area contributed by atoms with Crippen molar-refractivity contribution < 1.29 is 33.0 Å². The molecule has 0 aliphatic carbocycles. The Morgan fingerprint density at radius 1 is 1.24 bits per heavy atom. The van der Waals surface area contributed by atoms with Crippen LogP contribution >= 0.6 is 0 Å². The zero-order valence-corrected chi connectivity index (χ0v) is 10.0. The zero-order chi connectivity index (χ0) is 13.8. The largest absolute Gasteiger partial charge is 0.481 e. The molecule has 0 spiro atoms. The topological polar surface area (TPSA) is 138 Å². The van der Waals surface area contributed by atoms with Crippen molar-refractivity contribution in [1.82, 2.24) is 5.32 Å². The third-order valence-electron chi connectivity index (χ3n) is 2.00. The van der Waals surface area contributed by atoms with Gasteiger partial charge < -0.3 is 15.5 Å². The summed E-state index contributed by atoms with van der Waals surface area (Å²) < 4.78 is 22.0. The molecule has 0 aromatic heterocycles. The summed E-state index contributed by atoms with van der Waals surface area (Å²) in [5.74, 6) is -3.99. The normalized spacial score (nSPS) is 14.7. The fourth-order valence-electron chi connectivity index (χ4n) is 0.858. The molecule has 0 aromatic rings. The highest BCUT2D eigenvalue weighted by atomic mass is 32.2. The fourth-order valence-corrected chi connectivity index (χ4v) is 1.32. The quantitative estimate of drug-likeness (QED) is 0.530. The zero-order valence-electron chi connectivity index (χ0n) is 9.21. The molecule has 0 aliphatic heterocycles. The minimum absolute atomic E-state index is 0.822. The molecular formula is C8H13NO7S. The Bertz CT molecular complexity index is 427. The molecular weight excluding hydrogens is 254 g/mol. The highest BCUT2D eigenvalue weighted by molar-refractivity contribution is 7.92. The molecule has 2 atom stereocenters. The lowest BCUT2D eigenvalue weighted by Gasteiger charge is -2.15. The molecule has 0 rings (SSSR count). The first-order valence-electron chi connectivity index (χ1n) is 4.49. The number of carbonyl (C=O) groups excluding carboxylic acids is 1. The maximum Gasteiger partial charge on any atom is 0.326 e. The molecule has 3 N–H and O–H groups in total. The molecule has 98 valence electrons. The molecule has 0 saturated heterocycles. The maximum absolute atomic E-state index is 11.3. The smallest absolute Gasteiger partial charge is 0.326 e. The lowest BCUT2D eigenvalue weighted by molar-refractivity contribution is -0.147. The Balaban J connectivity index is 4.74. The van der Waals surface area contributed by atoms with Gasteiger partial charge in [-0.05, 0) is 6.92 Å². The molecule has 9 heteroatoms. The van der Waals surface area contributed by atoms with E-state index in [1.54, 1.807) is 0 Å². The molecule has 8 nitrogen and oxygen atoms in total. The second-order valence-electron chi connectivity index (χ2n) is 3.47. The number of sulfone groups is 1. The van der Waals surface area contributed by atoms with E-state index >= 15 is 0 Å². The van der Waals surface area contributed by atoms with Gasteiger partial charge in [-0.15, -0.1) is 0 Å². The van der Waals surface area contributed by atoms with E-state index < -0.39 is 45.4 Å². The highest BCUT2D eigenvalue weighted by Gasteiger charge is 2.29. The molecule has 0 heterocycles. The van der Waals surface area contributed by atoms with Crippen LogP contribution in [0.5, 0.6) is 0 Å². The fraction of sp³-hybridized carbons (Fsp3) is 0.625. The third-order valence-corrected chi connectivity index (χ3v) is 3.50. The number of carboxylic acid groups (broad SMARTS) is 2. The van der Waals surface area contributed by atoms with Gasteiger partial charge in [0.2, 0.25) is 5.91 Å². The summed E-state index contributed by atoms with van der Waals surface area (Å²) in [6.45, 7) is 1.09. The molecule has 0 aliphatic rings. The van der Waals surface area contributed by atoms with Crippen molar-refractivity contribution in [3.8, 4) is 0 Å². The number of rotatable bonds is 6. The van der Waals surface area contributed by atoms with Gasteiger partial charge in [0, 0.05) is 6.26 Å². The SMILES string of the molecule is CC(C(=O)N[C@H](CC(=O)O)C(=O)O)S(C)(=O)=O. The van der Waals surface area contributed by atoms with Crippen molar-refractivity contribution in [3.63, 3.8) is 0 Å². The molecule has 0 radical (unpaired) electrons. The molecule has 1 amide bonds. The van der Waals surface area contributed by atoms with E-state index in [0.717, 1.165) is 13.2 Å². The maximum atomic E-state index is 11.3. The van der Waals surface area contributed by atoms with Crippen LogP contribution < -0.4 is 5.32 Å². The summed E-state index contributed by atoms with van der Waals surface area (Å²) in [5, 5.41) is 17.5. The van der Waals surface area contributed by atoms with Crippen molar-refractivity contribution in [2.45, 2.75) is 24.6 Å². The summed E-state index contributed by atoms with van der Waals surface area (Å²) in [7, 11) is -3.65. The van der Waals surface area contributed by atoms with Crippen molar-refractivity contribution >= 4 is 27.7 Å². The third kappa shape index (κ3) is 5.29. The summed E-state index contributed by atoms with van der Waals surface area (Å²) in [5.41, 5.74) is 0. The Kier molecular flexibility index (Phi) is 5.08. The first kappa shape index (κ1) is 15.4. The minimum atomic E-state index is -3.65. The van der Waals surface area contributed by atoms with Crippen molar-refractivity contribution in [3.05, 3.63) is 0 Å². The van der Waals surface area contributed by atoms with Crippen LogP contribution in [-0.2, 0) is 24.2 Å². The van der Waals surface area contributed by atoms with Gasteiger partial charge in [0.15, 0.2) is 9.84 Å². The molecule has 1 unspecified atom stereocenters. The van der Waals surface area contributed by atoms with Crippen LogP contribution in [0.4, 0.5) is 0 Å². The Labute approximate surface area is 97.5 Å². The summed E-state index contributed by atoms with van der Waals surface area (Å²) in [4.78, 5) is 32.3. The predicted molar refractivity (Wildman–Crippen MR) is 56.1 cm³/mol. The van der Waals surface area contributed by atoms with E-state index in [9.17, 15) is 22.8 Å². The van der Waals surface area contributed by atoms with Crippen LogP contribution in [0.2, 0.25) is 0 Å². The van der Waals surface area contributed by atoms with E-state index in [2.05, 4.69) is 0 Å². The van der Waals surface area contributed by atoms with E-state index in [0.29, 0.717) is 0 Å². The highest BCUT2D eigenvalue weighted by Crippen LogP contribution is 2.00. The Hall–Kier alpha value is -1.64. The average molecular weight is 267 g/mol. The van der Waals surface area contributed by atoms with Crippen LogP contribution in [0.15, 0.2) is 0 Å². The summed E-state index contributed by atoms with van der Waals surface area (Å²) in [6, 6.07) is -1.65. The van der Waals surface area contributed by atoms with Crippen LogP contribution in [0, 0.1) is 0 Å². The van der Waals surface area contributed by atoms with Gasteiger partial charge >= 0.3 is 11.9 Å². The van der Waals surface area contributed by atoms with Crippen molar-refractivity contribution in [2.75, 3.05) is 6.26 Å². The van der Waals surface area contributed by atoms with E-state index in [-0.39, 0.29) is 0 Å².